The van der Waals surface area contributed by atoms with Crippen LogP contribution in [0, 0.1) is 11.3 Å². The van der Waals surface area contributed by atoms with Gasteiger partial charge in [0.05, 0.1) is 23.5 Å². The van der Waals surface area contributed by atoms with Crippen molar-refractivity contribution in [3.05, 3.63) is 24.3 Å². The van der Waals surface area contributed by atoms with Crippen LogP contribution in [0.5, 0.6) is 5.75 Å². The van der Waals surface area contributed by atoms with E-state index in [9.17, 15) is 4.21 Å². The van der Waals surface area contributed by atoms with Crippen molar-refractivity contribution in [2.24, 2.45) is 0 Å². The fraction of sp³-hybridized carbons (Fsp3) is 0.417. The predicted molar refractivity (Wildman–Crippen MR) is 63.7 cm³/mol. The molecule has 3 nitrogen and oxygen atoms in total. The van der Waals surface area contributed by atoms with Gasteiger partial charge in [0.15, 0.2) is 0 Å². The molecule has 0 N–H and O–H groups in total. The highest BCUT2D eigenvalue weighted by molar-refractivity contribution is 7.85. The second-order valence-corrected chi connectivity index (χ2v) is 4.79. The molecule has 0 amide bonds. The van der Waals surface area contributed by atoms with Gasteiger partial charge in [-0.2, -0.15) is 5.26 Å². The van der Waals surface area contributed by atoms with Crippen LogP contribution in [-0.4, -0.2) is 16.6 Å². The predicted octanol–water partition coefficient (Wildman–Crippen LogP) is 2.50. The Morgan fingerprint density at radius 3 is 2.62 bits per heavy atom. The van der Waals surface area contributed by atoms with Crippen molar-refractivity contribution in [1.29, 1.82) is 5.26 Å². The molecule has 0 bridgehead atoms. The van der Waals surface area contributed by atoms with Gasteiger partial charge in [0.2, 0.25) is 0 Å². The third-order valence-electron chi connectivity index (χ3n) is 2.02. The van der Waals surface area contributed by atoms with Crippen molar-refractivity contribution in [2.75, 3.05) is 12.4 Å². The number of rotatable bonds is 6. The maximum atomic E-state index is 11.7. The molecule has 4 heteroatoms. The second kappa shape index (κ2) is 7.02. The standard InChI is InChI=1S/C12H15NO2S/c1-2-15-11-5-7-12(8-6-11)16(14)10-4-3-9-13/h5-8H,2-4,10H2,1H3. The molecule has 0 aliphatic rings. The Morgan fingerprint density at radius 1 is 1.38 bits per heavy atom. The lowest BCUT2D eigenvalue weighted by molar-refractivity contribution is 0.340. The maximum Gasteiger partial charge on any atom is 0.119 e. The van der Waals surface area contributed by atoms with E-state index in [-0.39, 0.29) is 0 Å². The van der Waals surface area contributed by atoms with E-state index in [1.165, 1.54) is 0 Å². The number of hydrogen-bond acceptors (Lipinski definition) is 3. The molecule has 0 saturated heterocycles. The maximum absolute atomic E-state index is 11.7. The van der Waals surface area contributed by atoms with E-state index in [1.54, 1.807) is 0 Å². The fourth-order valence-electron chi connectivity index (χ4n) is 1.25. The fourth-order valence-corrected chi connectivity index (χ4v) is 2.34. The van der Waals surface area contributed by atoms with Gasteiger partial charge in [0, 0.05) is 17.1 Å². The Balaban J connectivity index is 2.53. The van der Waals surface area contributed by atoms with Crippen molar-refractivity contribution in [2.45, 2.75) is 24.7 Å². The first kappa shape index (κ1) is 12.7. The number of unbranched alkanes of at least 4 members (excludes halogenated alkanes) is 1. The van der Waals surface area contributed by atoms with Gasteiger partial charge in [0.1, 0.15) is 5.75 Å². The van der Waals surface area contributed by atoms with Gasteiger partial charge < -0.3 is 4.74 Å². The highest BCUT2D eigenvalue weighted by Gasteiger charge is 2.03. The van der Waals surface area contributed by atoms with Gasteiger partial charge in [-0.1, -0.05) is 0 Å². The number of ether oxygens (including phenoxy) is 1. The summed E-state index contributed by atoms with van der Waals surface area (Å²) < 4.78 is 17.0. The van der Waals surface area contributed by atoms with Crippen molar-refractivity contribution < 1.29 is 8.95 Å². The molecular weight excluding hydrogens is 222 g/mol. The third kappa shape index (κ3) is 4.03. The zero-order valence-corrected chi connectivity index (χ0v) is 10.1. The lowest BCUT2D eigenvalue weighted by Crippen LogP contribution is -1.98. The van der Waals surface area contributed by atoms with Gasteiger partial charge in [-0.05, 0) is 37.6 Å². The molecule has 0 fully saturated rings. The molecular formula is C12H15NO2S. The summed E-state index contributed by atoms with van der Waals surface area (Å²) in [6.45, 7) is 2.55. The molecule has 0 saturated carbocycles. The van der Waals surface area contributed by atoms with Crippen molar-refractivity contribution in [3.8, 4) is 11.8 Å². The third-order valence-corrected chi connectivity index (χ3v) is 3.47. The first-order valence-electron chi connectivity index (χ1n) is 5.26. The van der Waals surface area contributed by atoms with E-state index >= 15 is 0 Å². The Hall–Kier alpha value is -1.34. The molecule has 0 radical (unpaired) electrons. The Labute approximate surface area is 98.5 Å². The van der Waals surface area contributed by atoms with Crippen LogP contribution in [0.15, 0.2) is 29.2 Å². The Morgan fingerprint density at radius 2 is 2.06 bits per heavy atom. The highest BCUT2D eigenvalue weighted by atomic mass is 32.2. The average Bonchev–Trinajstić information content (AvgIpc) is 2.30. The molecule has 0 aliphatic carbocycles. The van der Waals surface area contributed by atoms with Gasteiger partial charge >= 0.3 is 0 Å². The summed E-state index contributed by atoms with van der Waals surface area (Å²) >= 11 is 0. The SMILES string of the molecule is CCOc1ccc(S(=O)CCCC#N)cc1. The Bertz CT molecular complexity index is 381. The lowest BCUT2D eigenvalue weighted by Gasteiger charge is -2.04. The summed E-state index contributed by atoms with van der Waals surface area (Å²) in [4.78, 5) is 0.793. The molecule has 86 valence electrons. The molecule has 0 spiro atoms. The minimum absolute atomic E-state index is 0.461. The minimum Gasteiger partial charge on any atom is -0.494 e. The summed E-state index contributed by atoms with van der Waals surface area (Å²) in [5.74, 6) is 1.34. The molecule has 1 aromatic rings. The van der Waals surface area contributed by atoms with Crippen LogP contribution in [0.1, 0.15) is 19.8 Å². The van der Waals surface area contributed by atoms with E-state index in [1.807, 2.05) is 37.3 Å². The molecule has 1 aromatic carbocycles. The molecule has 16 heavy (non-hydrogen) atoms. The van der Waals surface area contributed by atoms with Crippen LogP contribution in [0.4, 0.5) is 0 Å². The monoisotopic (exact) mass is 237 g/mol. The summed E-state index contributed by atoms with van der Waals surface area (Å²) in [5.41, 5.74) is 0. The van der Waals surface area contributed by atoms with E-state index in [0.717, 1.165) is 10.6 Å². The summed E-state index contributed by atoms with van der Waals surface area (Å²) in [6.07, 6.45) is 1.14. The van der Waals surface area contributed by atoms with E-state index in [2.05, 4.69) is 0 Å². The first-order valence-corrected chi connectivity index (χ1v) is 6.58. The average molecular weight is 237 g/mol. The van der Waals surface area contributed by atoms with E-state index in [4.69, 9.17) is 10.00 Å². The first-order chi connectivity index (χ1) is 7.77. The summed E-state index contributed by atoms with van der Waals surface area (Å²) in [5, 5.41) is 8.38. The minimum atomic E-state index is -1.00. The van der Waals surface area contributed by atoms with Gasteiger partial charge in [-0.3, -0.25) is 4.21 Å². The molecule has 1 unspecified atom stereocenters. The van der Waals surface area contributed by atoms with Crippen molar-refractivity contribution in [3.63, 3.8) is 0 Å². The lowest BCUT2D eigenvalue weighted by atomic mass is 10.3. The van der Waals surface area contributed by atoms with Crippen LogP contribution in [0.3, 0.4) is 0 Å². The van der Waals surface area contributed by atoms with Crippen LogP contribution in [0.2, 0.25) is 0 Å². The molecule has 0 aromatic heterocycles. The number of nitriles is 1. The topological polar surface area (TPSA) is 50.1 Å². The summed E-state index contributed by atoms with van der Waals surface area (Å²) in [7, 11) is -1.00. The molecule has 0 aliphatic heterocycles. The number of hydrogen-bond donors (Lipinski definition) is 0. The van der Waals surface area contributed by atoms with Gasteiger partial charge in [-0.15, -0.1) is 0 Å². The van der Waals surface area contributed by atoms with Crippen LogP contribution in [0.25, 0.3) is 0 Å². The number of benzene rings is 1. The van der Waals surface area contributed by atoms with Crippen molar-refractivity contribution in [1.82, 2.24) is 0 Å². The molecule has 1 rings (SSSR count). The summed E-state index contributed by atoms with van der Waals surface area (Å²) in [6, 6.07) is 9.31. The van der Waals surface area contributed by atoms with E-state index < -0.39 is 10.8 Å². The van der Waals surface area contributed by atoms with Crippen LogP contribution < -0.4 is 4.74 Å². The van der Waals surface area contributed by atoms with Gasteiger partial charge in [0.25, 0.3) is 0 Å². The normalized spacial score (nSPS) is 11.8. The van der Waals surface area contributed by atoms with E-state index in [0.29, 0.717) is 25.2 Å². The zero-order chi connectivity index (χ0) is 11.8. The molecule has 0 heterocycles. The molecule has 1 atom stereocenters. The van der Waals surface area contributed by atoms with Gasteiger partial charge in [-0.25, -0.2) is 0 Å². The smallest absolute Gasteiger partial charge is 0.119 e. The number of nitrogens with zero attached hydrogens (tertiary/aromatic N) is 1. The van der Waals surface area contributed by atoms with Crippen molar-refractivity contribution >= 4 is 10.8 Å². The van der Waals surface area contributed by atoms with Crippen LogP contribution >= 0.6 is 0 Å². The highest BCUT2D eigenvalue weighted by Crippen LogP contribution is 2.15. The second-order valence-electron chi connectivity index (χ2n) is 3.22. The van der Waals surface area contributed by atoms with Crippen LogP contribution in [-0.2, 0) is 10.8 Å². The largest absolute Gasteiger partial charge is 0.494 e. The quantitative estimate of drug-likeness (QED) is 0.714. The zero-order valence-electron chi connectivity index (χ0n) is 9.31. The Kier molecular flexibility index (Phi) is 5.58.